The van der Waals surface area contributed by atoms with Crippen LogP contribution in [0.1, 0.15) is 43.7 Å². The van der Waals surface area contributed by atoms with Gasteiger partial charge in [-0.05, 0) is 35.8 Å². The molecule has 3 nitrogen and oxygen atoms in total. The molecule has 2 atom stereocenters. The standard InChI is InChI=1S/C21H24N2O/c1-15(2)13-20(17-11-7-4-8-12-17)22-23-21(24)19-14-18(19)16-9-5-3-6-10-16/h3-12,15,18-19H,13-14H2,1-2H3,(H,23,24)/b22-20-/t18-,19-/m1/s1. The third-order valence-electron chi connectivity index (χ3n) is 4.36. The van der Waals surface area contributed by atoms with Crippen molar-refractivity contribution in [1.82, 2.24) is 5.43 Å². The highest BCUT2D eigenvalue weighted by molar-refractivity contribution is 6.01. The first kappa shape index (κ1) is 16.4. The van der Waals surface area contributed by atoms with Crippen LogP contribution in [0.4, 0.5) is 0 Å². The van der Waals surface area contributed by atoms with Crippen LogP contribution in [0.3, 0.4) is 0 Å². The number of carbonyl (C=O) groups is 1. The second-order valence-electron chi connectivity index (χ2n) is 6.86. The van der Waals surface area contributed by atoms with Crippen LogP contribution >= 0.6 is 0 Å². The third kappa shape index (κ3) is 4.10. The average molecular weight is 320 g/mol. The monoisotopic (exact) mass is 320 g/mol. The van der Waals surface area contributed by atoms with Crippen LogP contribution in [-0.2, 0) is 4.79 Å². The molecule has 0 spiro atoms. The zero-order valence-electron chi connectivity index (χ0n) is 14.3. The Balaban J connectivity index is 1.65. The Hall–Kier alpha value is -2.42. The number of hydrogen-bond donors (Lipinski definition) is 1. The molecular formula is C21H24N2O. The molecule has 0 aromatic heterocycles. The highest BCUT2D eigenvalue weighted by atomic mass is 16.2. The Morgan fingerprint density at radius 3 is 2.33 bits per heavy atom. The minimum absolute atomic E-state index is 0.0287. The molecule has 0 radical (unpaired) electrons. The summed E-state index contributed by atoms with van der Waals surface area (Å²) in [7, 11) is 0. The number of nitrogens with zero attached hydrogens (tertiary/aromatic N) is 1. The van der Waals surface area contributed by atoms with E-state index in [1.807, 2.05) is 48.5 Å². The van der Waals surface area contributed by atoms with Crippen molar-refractivity contribution >= 4 is 11.6 Å². The highest BCUT2D eigenvalue weighted by Gasteiger charge is 2.43. The van der Waals surface area contributed by atoms with Crippen molar-refractivity contribution in [2.75, 3.05) is 0 Å². The number of hydrogen-bond acceptors (Lipinski definition) is 2. The zero-order chi connectivity index (χ0) is 16.9. The molecule has 0 bridgehead atoms. The van der Waals surface area contributed by atoms with Gasteiger partial charge in [-0.2, -0.15) is 5.10 Å². The van der Waals surface area contributed by atoms with Gasteiger partial charge in [0, 0.05) is 5.92 Å². The lowest BCUT2D eigenvalue weighted by Crippen LogP contribution is -2.22. The lowest BCUT2D eigenvalue weighted by Gasteiger charge is -2.10. The molecule has 1 aliphatic rings. The van der Waals surface area contributed by atoms with Crippen LogP contribution in [0.2, 0.25) is 0 Å². The van der Waals surface area contributed by atoms with Crippen LogP contribution in [0.15, 0.2) is 65.8 Å². The molecule has 0 saturated heterocycles. The fraction of sp³-hybridized carbons (Fsp3) is 0.333. The Morgan fingerprint density at radius 2 is 1.71 bits per heavy atom. The highest BCUT2D eigenvalue weighted by Crippen LogP contribution is 2.47. The maximum Gasteiger partial charge on any atom is 0.243 e. The number of amides is 1. The molecule has 1 N–H and O–H groups in total. The van der Waals surface area contributed by atoms with Crippen LogP contribution in [0.5, 0.6) is 0 Å². The first-order valence-corrected chi connectivity index (χ1v) is 8.62. The van der Waals surface area contributed by atoms with E-state index >= 15 is 0 Å². The van der Waals surface area contributed by atoms with E-state index < -0.39 is 0 Å². The van der Waals surface area contributed by atoms with Crippen molar-refractivity contribution in [2.45, 2.75) is 32.6 Å². The molecule has 3 heteroatoms. The molecule has 1 amide bonds. The van der Waals surface area contributed by atoms with Crippen LogP contribution in [0, 0.1) is 11.8 Å². The minimum atomic E-state index is 0.0287. The van der Waals surface area contributed by atoms with E-state index in [4.69, 9.17) is 0 Å². The first-order valence-electron chi connectivity index (χ1n) is 8.62. The van der Waals surface area contributed by atoms with Gasteiger partial charge in [-0.15, -0.1) is 0 Å². The van der Waals surface area contributed by atoms with Crippen molar-refractivity contribution in [3.63, 3.8) is 0 Å². The van der Waals surface area contributed by atoms with E-state index in [9.17, 15) is 4.79 Å². The van der Waals surface area contributed by atoms with Crippen molar-refractivity contribution in [3.8, 4) is 0 Å². The van der Waals surface area contributed by atoms with Gasteiger partial charge in [-0.3, -0.25) is 4.79 Å². The predicted molar refractivity (Wildman–Crippen MR) is 97.9 cm³/mol. The molecule has 1 aliphatic carbocycles. The van der Waals surface area contributed by atoms with Crippen molar-refractivity contribution < 1.29 is 4.79 Å². The lowest BCUT2D eigenvalue weighted by atomic mass is 10.0. The molecule has 124 valence electrons. The SMILES string of the molecule is CC(C)C/C(=N/NC(=O)[C@@H]1C[C@@H]1c1ccccc1)c1ccccc1. The topological polar surface area (TPSA) is 41.5 Å². The number of rotatable bonds is 6. The van der Waals surface area contributed by atoms with E-state index in [1.54, 1.807) is 0 Å². The summed E-state index contributed by atoms with van der Waals surface area (Å²) in [6.45, 7) is 4.32. The smallest absolute Gasteiger partial charge is 0.243 e. The molecule has 0 heterocycles. The van der Waals surface area contributed by atoms with Gasteiger partial charge in [0.15, 0.2) is 0 Å². The fourth-order valence-corrected chi connectivity index (χ4v) is 3.00. The molecule has 24 heavy (non-hydrogen) atoms. The quantitative estimate of drug-likeness (QED) is 0.623. The van der Waals surface area contributed by atoms with Crippen molar-refractivity contribution in [1.29, 1.82) is 0 Å². The van der Waals surface area contributed by atoms with Crippen LogP contribution in [0.25, 0.3) is 0 Å². The van der Waals surface area contributed by atoms with Gasteiger partial charge in [0.2, 0.25) is 5.91 Å². The van der Waals surface area contributed by atoms with Crippen LogP contribution < -0.4 is 5.43 Å². The molecule has 0 aliphatic heterocycles. The lowest BCUT2D eigenvalue weighted by molar-refractivity contribution is -0.122. The molecule has 2 aromatic rings. The number of hydrazone groups is 1. The second kappa shape index (κ2) is 7.43. The maximum atomic E-state index is 12.4. The van der Waals surface area contributed by atoms with E-state index in [0.29, 0.717) is 11.8 Å². The summed E-state index contributed by atoms with van der Waals surface area (Å²) in [4.78, 5) is 12.4. The normalized spacial score (nSPS) is 20.0. The summed E-state index contributed by atoms with van der Waals surface area (Å²) in [6.07, 6.45) is 1.76. The maximum absolute atomic E-state index is 12.4. The molecule has 1 saturated carbocycles. The molecular weight excluding hydrogens is 296 g/mol. The Labute approximate surface area is 143 Å². The molecule has 1 fully saturated rings. The minimum Gasteiger partial charge on any atom is -0.273 e. The van der Waals surface area contributed by atoms with E-state index in [1.165, 1.54) is 5.56 Å². The van der Waals surface area contributed by atoms with E-state index in [2.05, 4.69) is 36.5 Å². The van der Waals surface area contributed by atoms with Crippen molar-refractivity contribution in [2.24, 2.45) is 16.9 Å². The van der Waals surface area contributed by atoms with Crippen molar-refractivity contribution in [3.05, 3.63) is 71.8 Å². The summed E-state index contributed by atoms with van der Waals surface area (Å²) in [5.41, 5.74) is 6.05. The summed E-state index contributed by atoms with van der Waals surface area (Å²) in [6, 6.07) is 20.3. The summed E-state index contributed by atoms with van der Waals surface area (Å²) < 4.78 is 0. The molecule has 2 aromatic carbocycles. The predicted octanol–water partition coefficient (Wildman–Crippen LogP) is 4.36. The van der Waals surface area contributed by atoms with Gasteiger partial charge in [-0.25, -0.2) is 5.43 Å². The number of carbonyl (C=O) groups excluding carboxylic acids is 1. The van der Waals surface area contributed by atoms with Crippen LogP contribution in [-0.4, -0.2) is 11.6 Å². The van der Waals surface area contributed by atoms with Gasteiger partial charge in [0.05, 0.1) is 5.71 Å². The van der Waals surface area contributed by atoms with Gasteiger partial charge in [0.1, 0.15) is 0 Å². The molecule has 0 unspecified atom stereocenters. The average Bonchev–Trinajstić information content (AvgIpc) is 3.40. The van der Waals surface area contributed by atoms with Gasteiger partial charge >= 0.3 is 0 Å². The summed E-state index contributed by atoms with van der Waals surface area (Å²) >= 11 is 0. The molecule has 3 rings (SSSR count). The zero-order valence-corrected chi connectivity index (χ0v) is 14.3. The second-order valence-corrected chi connectivity index (χ2v) is 6.86. The Bertz CT molecular complexity index is 707. The largest absolute Gasteiger partial charge is 0.273 e. The summed E-state index contributed by atoms with van der Waals surface area (Å²) in [5, 5.41) is 4.44. The van der Waals surface area contributed by atoms with E-state index in [0.717, 1.165) is 24.1 Å². The first-order chi connectivity index (χ1) is 11.6. The fourth-order valence-electron chi connectivity index (χ4n) is 3.00. The van der Waals surface area contributed by atoms with Gasteiger partial charge < -0.3 is 0 Å². The third-order valence-corrected chi connectivity index (χ3v) is 4.36. The van der Waals surface area contributed by atoms with E-state index in [-0.39, 0.29) is 11.8 Å². The van der Waals surface area contributed by atoms with Gasteiger partial charge in [-0.1, -0.05) is 74.5 Å². The number of nitrogens with one attached hydrogen (secondary N) is 1. The summed E-state index contributed by atoms with van der Waals surface area (Å²) in [5.74, 6) is 0.902. The Morgan fingerprint density at radius 1 is 1.08 bits per heavy atom. The number of benzene rings is 2. The van der Waals surface area contributed by atoms with Gasteiger partial charge in [0.25, 0.3) is 0 Å². The Kier molecular flexibility index (Phi) is 5.09.